The smallest absolute Gasteiger partial charge is 0.326 e. The molecule has 1 aliphatic carbocycles. The van der Waals surface area contributed by atoms with E-state index in [1.807, 2.05) is 38.1 Å². The first kappa shape index (κ1) is 18.3. The monoisotopic (exact) mass is 333 g/mol. The number of carbonyl (C=O) groups is 2. The molecule has 5 heteroatoms. The molecule has 5 nitrogen and oxygen atoms in total. The lowest BCUT2D eigenvalue weighted by Gasteiger charge is -2.30. The first-order valence-corrected chi connectivity index (χ1v) is 8.57. The van der Waals surface area contributed by atoms with Gasteiger partial charge >= 0.3 is 5.97 Å². The molecule has 2 rings (SSSR count). The van der Waals surface area contributed by atoms with Gasteiger partial charge < -0.3 is 15.2 Å². The van der Waals surface area contributed by atoms with Crippen molar-refractivity contribution in [2.75, 3.05) is 7.11 Å². The van der Waals surface area contributed by atoms with E-state index in [4.69, 9.17) is 4.74 Å². The molecule has 0 radical (unpaired) electrons. The standard InChI is InChI=1S/C19H27NO4/c1-13(2)11-16(17(21)22)20-18(23)19(9-4-5-10-19)14-7-6-8-15(12-14)24-3/h6-8,12-13,16H,4-5,9-11H2,1-3H3,(H,20,23)(H,21,22)/t16-/m1/s1. The van der Waals surface area contributed by atoms with Gasteiger partial charge in [0, 0.05) is 0 Å². The number of hydrogen-bond acceptors (Lipinski definition) is 3. The molecule has 0 aromatic heterocycles. The average Bonchev–Trinajstić information content (AvgIpc) is 3.04. The lowest BCUT2D eigenvalue weighted by molar-refractivity contribution is -0.143. The number of hydrogen-bond donors (Lipinski definition) is 2. The molecule has 0 unspecified atom stereocenters. The van der Waals surface area contributed by atoms with Crippen molar-refractivity contribution in [3.63, 3.8) is 0 Å². The summed E-state index contributed by atoms with van der Waals surface area (Å²) in [7, 11) is 1.60. The van der Waals surface area contributed by atoms with Gasteiger partial charge in [0.25, 0.3) is 0 Å². The van der Waals surface area contributed by atoms with Gasteiger partial charge in [0.1, 0.15) is 11.8 Å². The zero-order chi connectivity index (χ0) is 17.7. The molecule has 0 spiro atoms. The summed E-state index contributed by atoms with van der Waals surface area (Å²) in [6, 6.07) is 6.71. The summed E-state index contributed by atoms with van der Waals surface area (Å²) in [5.41, 5.74) is 0.254. The number of carboxylic acid groups (broad SMARTS) is 1. The molecule has 132 valence electrons. The molecule has 0 heterocycles. The highest BCUT2D eigenvalue weighted by Crippen LogP contribution is 2.42. The Labute approximate surface area is 143 Å². The van der Waals surface area contributed by atoms with Crippen LogP contribution in [0.4, 0.5) is 0 Å². The van der Waals surface area contributed by atoms with E-state index in [0.717, 1.165) is 31.2 Å². The fourth-order valence-corrected chi connectivity index (χ4v) is 3.54. The molecule has 1 saturated carbocycles. The molecule has 0 bridgehead atoms. The van der Waals surface area contributed by atoms with Crippen molar-refractivity contribution in [3.8, 4) is 5.75 Å². The van der Waals surface area contributed by atoms with Crippen LogP contribution >= 0.6 is 0 Å². The Hall–Kier alpha value is -2.04. The maximum atomic E-state index is 13.0. The molecule has 0 saturated heterocycles. The van der Waals surface area contributed by atoms with Crippen LogP contribution in [0.2, 0.25) is 0 Å². The summed E-state index contributed by atoms with van der Waals surface area (Å²) in [5.74, 6) is -0.247. The van der Waals surface area contributed by atoms with E-state index in [2.05, 4.69) is 5.32 Å². The fourth-order valence-electron chi connectivity index (χ4n) is 3.54. The largest absolute Gasteiger partial charge is 0.497 e. The van der Waals surface area contributed by atoms with Crippen LogP contribution in [0.3, 0.4) is 0 Å². The summed E-state index contributed by atoms with van der Waals surface area (Å²) >= 11 is 0. The number of benzene rings is 1. The average molecular weight is 333 g/mol. The van der Waals surface area contributed by atoms with Gasteiger partial charge in [-0.1, -0.05) is 38.8 Å². The van der Waals surface area contributed by atoms with Crippen molar-refractivity contribution >= 4 is 11.9 Å². The Morgan fingerprint density at radius 3 is 2.50 bits per heavy atom. The topological polar surface area (TPSA) is 75.6 Å². The van der Waals surface area contributed by atoms with Gasteiger partial charge in [-0.3, -0.25) is 4.79 Å². The molecule has 1 aromatic carbocycles. The van der Waals surface area contributed by atoms with E-state index in [9.17, 15) is 14.7 Å². The molecule has 24 heavy (non-hydrogen) atoms. The molecule has 2 N–H and O–H groups in total. The van der Waals surface area contributed by atoms with Crippen molar-refractivity contribution in [3.05, 3.63) is 29.8 Å². The Kier molecular flexibility index (Phi) is 5.86. The van der Waals surface area contributed by atoms with Crippen LogP contribution in [0.15, 0.2) is 24.3 Å². The van der Waals surface area contributed by atoms with E-state index in [1.165, 1.54) is 0 Å². The minimum Gasteiger partial charge on any atom is -0.497 e. The molecular formula is C19H27NO4. The lowest BCUT2D eigenvalue weighted by atomic mass is 9.77. The maximum Gasteiger partial charge on any atom is 0.326 e. The molecule has 1 atom stereocenters. The number of methoxy groups -OCH3 is 1. The van der Waals surface area contributed by atoms with E-state index < -0.39 is 17.4 Å². The van der Waals surface area contributed by atoms with E-state index in [0.29, 0.717) is 12.2 Å². The number of rotatable bonds is 7. The number of carbonyl (C=O) groups excluding carboxylic acids is 1. The van der Waals surface area contributed by atoms with Crippen molar-refractivity contribution in [2.45, 2.75) is 57.4 Å². The summed E-state index contributed by atoms with van der Waals surface area (Å²) in [4.78, 5) is 24.5. The highest BCUT2D eigenvalue weighted by molar-refractivity contribution is 5.92. The molecule has 1 fully saturated rings. The number of amides is 1. The quantitative estimate of drug-likeness (QED) is 0.804. The summed E-state index contributed by atoms with van der Waals surface area (Å²) < 4.78 is 5.29. The van der Waals surface area contributed by atoms with Crippen molar-refractivity contribution in [1.82, 2.24) is 5.32 Å². The lowest BCUT2D eigenvalue weighted by Crippen LogP contribution is -2.50. The number of aliphatic carboxylic acids is 1. The minimum absolute atomic E-state index is 0.179. The maximum absolute atomic E-state index is 13.0. The predicted molar refractivity (Wildman–Crippen MR) is 92.2 cm³/mol. The second kappa shape index (κ2) is 7.69. The molecule has 0 aliphatic heterocycles. The van der Waals surface area contributed by atoms with E-state index in [1.54, 1.807) is 7.11 Å². The van der Waals surface area contributed by atoms with Gasteiger partial charge in [0.15, 0.2) is 0 Å². The van der Waals surface area contributed by atoms with Crippen LogP contribution in [0.25, 0.3) is 0 Å². The first-order chi connectivity index (χ1) is 11.4. The number of ether oxygens (including phenoxy) is 1. The van der Waals surface area contributed by atoms with Crippen LogP contribution in [0, 0.1) is 5.92 Å². The van der Waals surface area contributed by atoms with Gasteiger partial charge in [-0.25, -0.2) is 4.79 Å². The third-order valence-corrected chi connectivity index (χ3v) is 4.82. The zero-order valence-electron chi connectivity index (χ0n) is 14.7. The second-order valence-electron chi connectivity index (χ2n) is 7.02. The van der Waals surface area contributed by atoms with Crippen molar-refractivity contribution in [1.29, 1.82) is 0 Å². The normalized spacial score (nSPS) is 17.5. The van der Waals surface area contributed by atoms with Gasteiger partial charge in [-0.15, -0.1) is 0 Å². The van der Waals surface area contributed by atoms with Gasteiger partial charge in [-0.05, 0) is 42.9 Å². The summed E-state index contributed by atoms with van der Waals surface area (Å²) in [5, 5.41) is 12.2. The first-order valence-electron chi connectivity index (χ1n) is 8.57. The number of carboxylic acids is 1. The van der Waals surface area contributed by atoms with Crippen LogP contribution in [0.5, 0.6) is 5.75 Å². The van der Waals surface area contributed by atoms with Crippen LogP contribution in [0.1, 0.15) is 51.5 Å². The predicted octanol–water partition coefficient (Wildman–Crippen LogP) is 3.12. The van der Waals surface area contributed by atoms with Crippen LogP contribution < -0.4 is 10.1 Å². The third-order valence-electron chi connectivity index (χ3n) is 4.82. The Bertz CT molecular complexity index is 591. The SMILES string of the molecule is COc1cccc(C2(C(=O)N[C@H](CC(C)C)C(=O)O)CCCC2)c1. The highest BCUT2D eigenvalue weighted by Gasteiger charge is 2.44. The Balaban J connectivity index is 2.28. The van der Waals surface area contributed by atoms with Crippen molar-refractivity contribution in [2.24, 2.45) is 5.92 Å². The van der Waals surface area contributed by atoms with E-state index in [-0.39, 0.29) is 11.8 Å². The zero-order valence-corrected chi connectivity index (χ0v) is 14.7. The molecule has 1 aliphatic rings. The Morgan fingerprint density at radius 2 is 1.96 bits per heavy atom. The molecule has 1 amide bonds. The van der Waals surface area contributed by atoms with Crippen LogP contribution in [-0.4, -0.2) is 30.1 Å². The van der Waals surface area contributed by atoms with Gasteiger partial charge in [-0.2, -0.15) is 0 Å². The Morgan fingerprint density at radius 1 is 1.29 bits per heavy atom. The highest BCUT2D eigenvalue weighted by atomic mass is 16.5. The summed E-state index contributed by atoms with van der Waals surface area (Å²) in [6.45, 7) is 3.91. The third kappa shape index (κ3) is 3.89. The fraction of sp³-hybridized carbons (Fsp3) is 0.579. The summed E-state index contributed by atoms with van der Waals surface area (Å²) in [6.07, 6.45) is 3.83. The van der Waals surface area contributed by atoms with Gasteiger partial charge in [0.05, 0.1) is 12.5 Å². The van der Waals surface area contributed by atoms with Gasteiger partial charge in [0.2, 0.25) is 5.91 Å². The van der Waals surface area contributed by atoms with Crippen LogP contribution in [-0.2, 0) is 15.0 Å². The second-order valence-corrected chi connectivity index (χ2v) is 7.02. The van der Waals surface area contributed by atoms with Crippen molar-refractivity contribution < 1.29 is 19.4 Å². The molecular weight excluding hydrogens is 306 g/mol. The minimum atomic E-state index is -0.976. The number of nitrogens with one attached hydrogen (secondary N) is 1. The van der Waals surface area contributed by atoms with E-state index >= 15 is 0 Å². The molecule has 1 aromatic rings.